The molecule has 0 aliphatic heterocycles. The molecule has 25 heavy (non-hydrogen) atoms. The molecule has 0 aliphatic carbocycles. The number of hydrazone groups is 1. The first kappa shape index (κ1) is 18.4. The fourth-order valence-corrected chi connectivity index (χ4v) is 2.16. The van der Waals surface area contributed by atoms with Crippen molar-refractivity contribution in [3.8, 4) is 5.75 Å². The standard InChI is InChI=1S/C18H19N3O3S/c1-12-4-3-5-16(13(12)2)20-18(25)21-19-10-14-6-8-15(9-7-14)24-11-17(22)23/h3-10H,11H2,1-2H3,(H,22,23)(H2,20,21,25)/p-1/b19-10-. The maximum Gasteiger partial charge on any atom is 0.191 e. The maximum absolute atomic E-state index is 10.3. The molecule has 0 saturated carbocycles. The quantitative estimate of drug-likeness (QED) is 0.466. The number of aliphatic carboxylic acids is 1. The molecule has 0 atom stereocenters. The number of anilines is 1. The van der Waals surface area contributed by atoms with Gasteiger partial charge in [-0.2, -0.15) is 5.10 Å². The highest BCUT2D eigenvalue weighted by atomic mass is 32.1. The number of ether oxygens (including phenoxy) is 1. The molecule has 0 unspecified atom stereocenters. The van der Waals surface area contributed by atoms with Crippen LogP contribution in [0.15, 0.2) is 47.6 Å². The van der Waals surface area contributed by atoms with Gasteiger partial charge in [0.25, 0.3) is 0 Å². The number of hydrogen-bond donors (Lipinski definition) is 2. The Labute approximate surface area is 151 Å². The molecule has 0 heterocycles. The highest BCUT2D eigenvalue weighted by Gasteiger charge is 2.02. The zero-order valence-corrected chi connectivity index (χ0v) is 14.7. The lowest BCUT2D eigenvalue weighted by Gasteiger charge is -2.11. The number of nitrogens with one attached hydrogen (secondary N) is 2. The van der Waals surface area contributed by atoms with Crippen LogP contribution in [0.25, 0.3) is 0 Å². The van der Waals surface area contributed by atoms with Gasteiger partial charge in [0.1, 0.15) is 12.4 Å². The summed E-state index contributed by atoms with van der Waals surface area (Å²) >= 11 is 5.22. The number of nitrogens with zero attached hydrogens (tertiary/aromatic N) is 1. The van der Waals surface area contributed by atoms with Gasteiger partial charge in [-0.25, -0.2) is 0 Å². The van der Waals surface area contributed by atoms with Crippen molar-refractivity contribution < 1.29 is 14.6 Å². The van der Waals surface area contributed by atoms with Gasteiger partial charge in [-0.05, 0) is 73.1 Å². The fourth-order valence-electron chi connectivity index (χ4n) is 1.99. The van der Waals surface area contributed by atoms with E-state index in [0.29, 0.717) is 10.9 Å². The molecule has 2 aromatic carbocycles. The second-order valence-electron chi connectivity index (χ2n) is 5.30. The van der Waals surface area contributed by atoms with Crippen molar-refractivity contribution in [3.05, 3.63) is 59.2 Å². The SMILES string of the molecule is Cc1cccc(NC(=S)N/N=C\c2ccc(OCC(=O)[O-])cc2)c1C. The molecule has 0 aromatic heterocycles. The van der Waals surface area contributed by atoms with Crippen LogP contribution in [0.5, 0.6) is 5.75 Å². The Balaban J connectivity index is 1.86. The largest absolute Gasteiger partial charge is 0.546 e. The Bertz CT molecular complexity index is 789. The van der Waals surface area contributed by atoms with Crippen molar-refractivity contribution in [1.29, 1.82) is 0 Å². The van der Waals surface area contributed by atoms with E-state index in [2.05, 4.69) is 15.8 Å². The van der Waals surface area contributed by atoms with Crippen LogP contribution in [-0.4, -0.2) is 23.9 Å². The molecule has 2 rings (SSSR count). The number of aryl methyl sites for hydroxylation is 1. The van der Waals surface area contributed by atoms with Gasteiger partial charge in [0.2, 0.25) is 0 Å². The summed E-state index contributed by atoms with van der Waals surface area (Å²) in [5, 5.41) is 17.9. The zero-order valence-electron chi connectivity index (χ0n) is 13.9. The Morgan fingerprint density at radius 1 is 1.24 bits per heavy atom. The first-order valence-corrected chi connectivity index (χ1v) is 7.95. The van der Waals surface area contributed by atoms with E-state index in [4.69, 9.17) is 17.0 Å². The van der Waals surface area contributed by atoms with Crippen molar-refractivity contribution in [2.24, 2.45) is 5.10 Å². The first-order chi connectivity index (χ1) is 12.0. The highest BCUT2D eigenvalue weighted by molar-refractivity contribution is 7.80. The average molecular weight is 356 g/mol. The molecule has 0 saturated heterocycles. The van der Waals surface area contributed by atoms with Gasteiger partial charge < -0.3 is 20.0 Å². The van der Waals surface area contributed by atoms with E-state index in [1.165, 1.54) is 5.56 Å². The predicted molar refractivity (Wildman–Crippen MR) is 99.8 cm³/mol. The van der Waals surface area contributed by atoms with Gasteiger partial charge in [-0.1, -0.05) is 12.1 Å². The number of rotatable bonds is 6. The third-order valence-corrected chi connectivity index (χ3v) is 3.66. The zero-order chi connectivity index (χ0) is 18.2. The van der Waals surface area contributed by atoms with E-state index in [1.54, 1.807) is 30.5 Å². The summed E-state index contributed by atoms with van der Waals surface area (Å²) in [5.41, 5.74) is 6.80. The summed E-state index contributed by atoms with van der Waals surface area (Å²) in [6.07, 6.45) is 1.60. The molecule has 7 heteroatoms. The minimum atomic E-state index is -1.26. The van der Waals surface area contributed by atoms with Crippen LogP contribution in [0.1, 0.15) is 16.7 Å². The normalized spacial score (nSPS) is 10.5. The van der Waals surface area contributed by atoms with Gasteiger partial charge in [-0.15, -0.1) is 0 Å². The number of benzene rings is 2. The van der Waals surface area contributed by atoms with Crippen LogP contribution >= 0.6 is 12.2 Å². The lowest BCUT2D eigenvalue weighted by atomic mass is 10.1. The molecule has 2 aromatic rings. The maximum atomic E-state index is 10.3. The minimum Gasteiger partial charge on any atom is -0.546 e. The third kappa shape index (κ3) is 5.89. The smallest absolute Gasteiger partial charge is 0.191 e. The van der Waals surface area contributed by atoms with Gasteiger partial charge >= 0.3 is 0 Å². The van der Waals surface area contributed by atoms with E-state index in [1.807, 2.05) is 32.0 Å². The van der Waals surface area contributed by atoms with Crippen LogP contribution in [0.4, 0.5) is 5.69 Å². The summed E-state index contributed by atoms with van der Waals surface area (Å²) in [5.74, 6) is -0.818. The Morgan fingerprint density at radius 2 is 1.96 bits per heavy atom. The van der Waals surface area contributed by atoms with Crippen LogP contribution in [-0.2, 0) is 4.79 Å². The Hall–Kier alpha value is -2.93. The summed E-state index contributed by atoms with van der Waals surface area (Å²) in [4.78, 5) is 10.3. The number of carboxylic acid groups (broad SMARTS) is 1. The van der Waals surface area contributed by atoms with Crippen LogP contribution in [0.3, 0.4) is 0 Å². The summed E-state index contributed by atoms with van der Waals surface area (Å²) in [6, 6.07) is 12.7. The second-order valence-corrected chi connectivity index (χ2v) is 5.71. The number of carboxylic acids is 1. The van der Waals surface area contributed by atoms with Crippen LogP contribution < -0.4 is 20.6 Å². The Kier molecular flexibility index (Phi) is 6.47. The molecule has 0 aliphatic rings. The highest BCUT2D eigenvalue weighted by Crippen LogP contribution is 2.17. The van der Waals surface area contributed by atoms with Crippen molar-refractivity contribution in [2.45, 2.75) is 13.8 Å². The molecule has 0 fully saturated rings. The monoisotopic (exact) mass is 356 g/mol. The number of thiocarbonyl (C=S) groups is 1. The van der Waals surface area contributed by atoms with Gasteiger partial charge in [0.15, 0.2) is 5.11 Å². The molecule has 2 N–H and O–H groups in total. The van der Waals surface area contributed by atoms with Crippen molar-refractivity contribution in [3.63, 3.8) is 0 Å². The molecule has 0 bridgehead atoms. The molecule has 0 amide bonds. The summed E-state index contributed by atoms with van der Waals surface area (Å²) in [7, 11) is 0. The van der Waals surface area contributed by atoms with Gasteiger partial charge in [-0.3, -0.25) is 5.43 Å². The molecular formula is C18H18N3O3S-. The number of hydrogen-bond acceptors (Lipinski definition) is 5. The average Bonchev–Trinajstić information content (AvgIpc) is 2.58. The van der Waals surface area contributed by atoms with Crippen LogP contribution in [0, 0.1) is 13.8 Å². The van der Waals surface area contributed by atoms with E-state index < -0.39 is 12.6 Å². The number of carbonyl (C=O) groups is 1. The van der Waals surface area contributed by atoms with E-state index in [0.717, 1.165) is 16.8 Å². The topological polar surface area (TPSA) is 85.8 Å². The fraction of sp³-hybridized carbons (Fsp3) is 0.167. The summed E-state index contributed by atoms with van der Waals surface area (Å²) < 4.78 is 5.00. The van der Waals surface area contributed by atoms with Crippen LogP contribution in [0.2, 0.25) is 0 Å². The van der Waals surface area contributed by atoms with E-state index >= 15 is 0 Å². The van der Waals surface area contributed by atoms with Gasteiger partial charge in [0.05, 0.1) is 12.2 Å². The first-order valence-electron chi connectivity index (χ1n) is 7.54. The van der Waals surface area contributed by atoms with Crippen molar-refractivity contribution >= 4 is 35.2 Å². The molecule has 130 valence electrons. The Morgan fingerprint density at radius 3 is 2.64 bits per heavy atom. The summed E-state index contributed by atoms with van der Waals surface area (Å²) in [6.45, 7) is 3.58. The lowest BCUT2D eigenvalue weighted by Crippen LogP contribution is -2.28. The minimum absolute atomic E-state index is 0.388. The van der Waals surface area contributed by atoms with E-state index in [9.17, 15) is 9.90 Å². The van der Waals surface area contributed by atoms with E-state index in [-0.39, 0.29) is 0 Å². The van der Waals surface area contributed by atoms with Crippen molar-refractivity contribution in [1.82, 2.24) is 5.43 Å². The molecular weight excluding hydrogens is 338 g/mol. The third-order valence-electron chi connectivity index (χ3n) is 3.47. The molecule has 0 spiro atoms. The molecule has 6 nitrogen and oxygen atoms in total. The second kappa shape index (κ2) is 8.79. The predicted octanol–water partition coefficient (Wildman–Crippen LogP) is 1.75. The number of carbonyl (C=O) groups excluding carboxylic acids is 1. The van der Waals surface area contributed by atoms with Crippen molar-refractivity contribution in [2.75, 3.05) is 11.9 Å². The van der Waals surface area contributed by atoms with Gasteiger partial charge in [0, 0.05) is 5.69 Å². The molecule has 0 radical (unpaired) electrons. The lowest BCUT2D eigenvalue weighted by molar-refractivity contribution is -0.307.